The summed E-state index contributed by atoms with van der Waals surface area (Å²) in [4.78, 5) is 11.1. The van der Waals surface area contributed by atoms with E-state index in [1.165, 1.54) is 6.08 Å². The lowest BCUT2D eigenvalue weighted by molar-refractivity contribution is -0.131. The molecule has 3 aromatic rings. The summed E-state index contributed by atoms with van der Waals surface area (Å²) >= 11 is 0. The molecule has 5 heteroatoms. The number of aromatic hydroxyl groups is 2. The van der Waals surface area contributed by atoms with Gasteiger partial charge < -0.3 is 20.1 Å². The largest absolute Gasteiger partial charge is 0.508 e. The Bertz CT molecular complexity index is 1110. The van der Waals surface area contributed by atoms with Crippen molar-refractivity contribution in [3.8, 4) is 17.2 Å². The molecule has 3 aromatic carbocycles. The van der Waals surface area contributed by atoms with Crippen molar-refractivity contribution in [3.05, 3.63) is 95.1 Å². The first-order valence-electron chi connectivity index (χ1n) is 10.8. The van der Waals surface area contributed by atoms with Gasteiger partial charge in [-0.2, -0.15) is 0 Å². The lowest BCUT2D eigenvalue weighted by Crippen LogP contribution is -1.98. The Morgan fingerprint density at radius 3 is 1.91 bits per heavy atom. The van der Waals surface area contributed by atoms with Gasteiger partial charge in [0.05, 0.1) is 7.11 Å². The molecule has 0 spiro atoms. The molecule has 0 bridgehead atoms. The number of carboxylic acid groups (broad SMARTS) is 1. The Labute approximate surface area is 193 Å². The highest BCUT2D eigenvalue weighted by atomic mass is 16.5. The molecule has 33 heavy (non-hydrogen) atoms. The van der Waals surface area contributed by atoms with Crippen molar-refractivity contribution < 1.29 is 24.9 Å². The van der Waals surface area contributed by atoms with Crippen LogP contribution in [0, 0.1) is 0 Å². The fraction of sp³-hybridized carbons (Fsp3) is 0.179. The van der Waals surface area contributed by atoms with E-state index in [-0.39, 0.29) is 11.5 Å². The number of methoxy groups -OCH3 is 1. The minimum Gasteiger partial charge on any atom is -0.508 e. The third kappa shape index (κ3) is 6.04. The van der Waals surface area contributed by atoms with Crippen LogP contribution < -0.4 is 4.74 Å². The number of allylic oxidation sites excluding steroid dienone is 1. The summed E-state index contributed by atoms with van der Waals surface area (Å²) in [6, 6.07) is 19.9. The molecule has 0 atom stereocenters. The predicted octanol–water partition coefficient (Wildman–Crippen LogP) is 6.35. The van der Waals surface area contributed by atoms with Crippen molar-refractivity contribution in [2.75, 3.05) is 7.11 Å². The summed E-state index contributed by atoms with van der Waals surface area (Å²) in [5.74, 6) is -0.0751. The molecular weight excluding hydrogens is 416 g/mol. The second-order valence-corrected chi connectivity index (χ2v) is 7.68. The SMILES string of the molecule is CCCCC(=C(c1ccc(O)cc1)c1ccc(O)cc1)c1ccc(OC)c(C=CC(=O)O)c1. The number of ether oxygens (including phenoxy) is 1. The second-order valence-electron chi connectivity index (χ2n) is 7.68. The van der Waals surface area contributed by atoms with Gasteiger partial charge in [0, 0.05) is 11.6 Å². The Balaban J connectivity index is 2.29. The molecule has 0 amide bonds. The number of hydrogen-bond acceptors (Lipinski definition) is 4. The van der Waals surface area contributed by atoms with Gasteiger partial charge >= 0.3 is 5.97 Å². The molecule has 0 saturated carbocycles. The molecule has 0 aliphatic heterocycles. The Morgan fingerprint density at radius 1 is 0.879 bits per heavy atom. The molecule has 0 aromatic heterocycles. The first-order valence-corrected chi connectivity index (χ1v) is 10.8. The molecule has 170 valence electrons. The highest BCUT2D eigenvalue weighted by molar-refractivity contribution is 5.99. The third-order valence-corrected chi connectivity index (χ3v) is 5.38. The van der Waals surface area contributed by atoms with Crippen LogP contribution in [-0.2, 0) is 4.79 Å². The number of benzene rings is 3. The van der Waals surface area contributed by atoms with Crippen molar-refractivity contribution in [2.45, 2.75) is 26.2 Å². The van der Waals surface area contributed by atoms with Crippen molar-refractivity contribution in [1.82, 2.24) is 0 Å². The second kappa shape index (κ2) is 11.0. The number of rotatable bonds is 9. The maximum Gasteiger partial charge on any atom is 0.328 e. The van der Waals surface area contributed by atoms with Crippen LogP contribution in [0.3, 0.4) is 0 Å². The zero-order valence-corrected chi connectivity index (χ0v) is 18.8. The Morgan fingerprint density at radius 2 is 1.42 bits per heavy atom. The summed E-state index contributed by atoms with van der Waals surface area (Å²) in [6.45, 7) is 2.13. The molecule has 0 aliphatic rings. The quantitative estimate of drug-likeness (QED) is 0.264. The van der Waals surface area contributed by atoms with Crippen molar-refractivity contribution >= 4 is 23.2 Å². The minimum absolute atomic E-state index is 0.185. The van der Waals surface area contributed by atoms with Crippen LogP contribution in [0.4, 0.5) is 0 Å². The topological polar surface area (TPSA) is 87.0 Å². The van der Waals surface area contributed by atoms with Gasteiger partial charge in [0.25, 0.3) is 0 Å². The average Bonchev–Trinajstić information content (AvgIpc) is 2.82. The van der Waals surface area contributed by atoms with E-state index >= 15 is 0 Å². The van der Waals surface area contributed by atoms with Crippen LogP contribution in [0.15, 0.2) is 72.8 Å². The van der Waals surface area contributed by atoms with Crippen LogP contribution in [-0.4, -0.2) is 28.4 Å². The van der Waals surface area contributed by atoms with Crippen molar-refractivity contribution in [1.29, 1.82) is 0 Å². The van der Waals surface area contributed by atoms with E-state index in [0.717, 1.165) is 53.2 Å². The molecule has 3 N–H and O–H groups in total. The number of carbonyl (C=O) groups is 1. The van der Waals surface area contributed by atoms with Gasteiger partial charge in [0.2, 0.25) is 0 Å². The van der Waals surface area contributed by atoms with Gasteiger partial charge in [-0.05, 0) is 83.2 Å². The molecule has 5 nitrogen and oxygen atoms in total. The summed E-state index contributed by atoms with van der Waals surface area (Å²) in [6.07, 6.45) is 5.38. The van der Waals surface area contributed by atoms with Gasteiger partial charge in [-0.15, -0.1) is 0 Å². The van der Waals surface area contributed by atoms with Gasteiger partial charge in [0.1, 0.15) is 17.2 Å². The summed E-state index contributed by atoms with van der Waals surface area (Å²) < 4.78 is 5.43. The minimum atomic E-state index is -1.03. The molecular formula is C28H28O5. The molecule has 0 heterocycles. The van der Waals surface area contributed by atoms with Crippen LogP contribution in [0.1, 0.15) is 48.4 Å². The summed E-state index contributed by atoms with van der Waals surface area (Å²) in [7, 11) is 1.55. The maximum atomic E-state index is 11.1. The zero-order valence-electron chi connectivity index (χ0n) is 18.8. The monoisotopic (exact) mass is 444 g/mol. The predicted molar refractivity (Wildman–Crippen MR) is 131 cm³/mol. The van der Waals surface area contributed by atoms with Crippen LogP contribution >= 0.6 is 0 Å². The number of hydrogen-bond donors (Lipinski definition) is 3. The maximum absolute atomic E-state index is 11.1. The standard InChI is InChI=1S/C28H28O5/c1-3-4-5-25(21-10-16-26(33-2)22(18-21)11-17-27(31)32)28(19-6-12-23(29)13-7-19)20-8-14-24(30)15-9-20/h6-18,29-30H,3-5H2,1-2H3,(H,31,32). The Hall–Kier alpha value is -3.99. The number of aliphatic carboxylic acids is 1. The molecule has 0 unspecified atom stereocenters. The van der Waals surface area contributed by atoms with Gasteiger partial charge in [-0.3, -0.25) is 0 Å². The van der Waals surface area contributed by atoms with E-state index < -0.39 is 5.97 Å². The molecule has 0 aliphatic carbocycles. The average molecular weight is 445 g/mol. The smallest absolute Gasteiger partial charge is 0.328 e. The highest BCUT2D eigenvalue weighted by Crippen LogP contribution is 2.38. The van der Waals surface area contributed by atoms with Crippen molar-refractivity contribution in [2.24, 2.45) is 0 Å². The number of carboxylic acids is 1. The molecule has 0 fully saturated rings. The highest BCUT2D eigenvalue weighted by Gasteiger charge is 2.16. The van der Waals surface area contributed by atoms with Crippen LogP contribution in [0.5, 0.6) is 17.2 Å². The van der Waals surface area contributed by atoms with Gasteiger partial charge in [-0.25, -0.2) is 4.79 Å². The summed E-state index contributed by atoms with van der Waals surface area (Å²) in [5, 5.41) is 28.7. The molecule has 0 radical (unpaired) electrons. The molecule has 0 saturated heterocycles. The zero-order chi connectivity index (χ0) is 23.8. The van der Waals surface area contributed by atoms with E-state index in [1.54, 1.807) is 31.4 Å². The summed E-state index contributed by atoms with van der Waals surface area (Å²) in [5.41, 5.74) is 5.56. The van der Waals surface area contributed by atoms with E-state index in [2.05, 4.69) is 6.92 Å². The Kier molecular flexibility index (Phi) is 7.92. The van der Waals surface area contributed by atoms with Gasteiger partial charge in [0.15, 0.2) is 0 Å². The number of unbranched alkanes of at least 4 members (excludes halogenated alkanes) is 1. The first-order chi connectivity index (χ1) is 15.9. The molecule has 3 rings (SSSR count). The fourth-order valence-electron chi connectivity index (χ4n) is 3.75. The lowest BCUT2D eigenvalue weighted by atomic mass is 9.86. The van der Waals surface area contributed by atoms with Gasteiger partial charge in [-0.1, -0.05) is 43.7 Å². The number of phenolic OH excluding ortho intramolecular Hbond substituents is 2. The first kappa shape index (κ1) is 23.7. The van der Waals surface area contributed by atoms with Crippen molar-refractivity contribution in [3.63, 3.8) is 0 Å². The van der Waals surface area contributed by atoms with E-state index in [0.29, 0.717) is 11.3 Å². The van der Waals surface area contributed by atoms with E-state index in [1.807, 2.05) is 42.5 Å². The lowest BCUT2D eigenvalue weighted by Gasteiger charge is -2.19. The number of phenols is 2. The van der Waals surface area contributed by atoms with E-state index in [9.17, 15) is 15.0 Å². The normalized spacial score (nSPS) is 10.8. The van der Waals surface area contributed by atoms with E-state index in [4.69, 9.17) is 9.84 Å². The third-order valence-electron chi connectivity index (χ3n) is 5.38. The van der Waals surface area contributed by atoms with Crippen LogP contribution in [0.25, 0.3) is 17.2 Å². The van der Waals surface area contributed by atoms with Crippen LogP contribution in [0.2, 0.25) is 0 Å². The fourth-order valence-corrected chi connectivity index (χ4v) is 3.75.